The molecule has 20 heavy (non-hydrogen) atoms. The van der Waals surface area contributed by atoms with Crippen LogP contribution in [-0.2, 0) is 0 Å². The van der Waals surface area contributed by atoms with Gasteiger partial charge in [0.15, 0.2) is 0 Å². The molecule has 1 aromatic rings. The molecule has 2 fully saturated rings. The van der Waals surface area contributed by atoms with Gasteiger partial charge in [-0.15, -0.1) is 0 Å². The quantitative estimate of drug-likeness (QED) is 0.831. The summed E-state index contributed by atoms with van der Waals surface area (Å²) in [5.41, 5.74) is 0. The summed E-state index contributed by atoms with van der Waals surface area (Å²) in [5, 5.41) is 3.83. The van der Waals surface area contributed by atoms with Crippen LogP contribution in [0.5, 0.6) is 0 Å². The molecule has 1 aliphatic carbocycles. The van der Waals surface area contributed by atoms with E-state index in [1.807, 2.05) is 12.3 Å². The minimum Gasteiger partial charge on any atom is -0.468 e. The van der Waals surface area contributed by atoms with Gasteiger partial charge >= 0.3 is 0 Å². The average molecular weight is 276 g/mol. The molecule has 0 spiro atoms. The minimum atomic E-state index is 0.427. The molecule has 1 aromatic heterocycles. The SMILES string of the molecule is c1coc(C(CNC2CCCCCC2)N2CCCC2)c1. The monoisotopic (exact) mass is 276 g/mol. The Balaban J connectivity index is 1.58. The van der Waals surface area contributed by atoms with E-state index in [2.05, 4.69) is 16.3 Å². The Bertz CT molecular complexity index is 362. The summed E-state index contributed by atoms with van der Waals surface area (Å²) in [6.07, 6.45) is 12.8. The van der Waals surface area contributed by atoms with Crippen molar-refractivity contribution in [3.63, 3.8) is 0 Å². The Morgan fingerprint density at radius 1 is 1.10 bits per heavy atom. The molecule has 112 valence electrons. The molecule has 0 radical (unpaired) electrons. The van der Waals surface area contributed by atoms with E-state index in [4.69, 9.17) is 4.42 Å². The summed E-state index contributed by atoms with van der Waals surface area (Å²) in [6, 6.07) is 5.30. The topological polar surface area (TPSA) is 28.4 Å². The maximum Gasteiger partial charge on any atom is 0.122 e. The van der Waals surface area contributed by atoms with Crippen molar-refractivity contribution in [3.05, 3.63) is 24.2 Å². The predicted molar refractivity (Wildman–Crippen MR) is 81.7 cm³/mol. The molecule has 0 amide bonds. The fraction of sp³-hybridized carbons (Fsp3) is 0.765. The van der Waals surface area contributed by atoms with E-state index in [9.17, 15) is 0 Å². The number of nitrogens with one attached hydrogen (secondary N) is 1. The van der Waals surface area contributed by atoms with E-state index >= 15 is 0 Å². The molecule has 3 nitrogen and oxygen atoms in total. The maximum atomic E-state index is 5.69. The third kappa shape index (κ3) is 3.64. The number of rotatable bonds is 5. The third-order valence-electron chi connectivity index (χ3n) is 4.91. The molecule has 0 aromatic carbocycles. The first kappa shape index (κ1) is 14.2. The highest BCUT2D eigenvalue weighted by Crippen LogP contribution is 2.26. The number of nitrogens with zero attached hydrogens (tertiary/aromatic N) is 1. The van der Waals surface area contributed by atoms with Crippen LogP contribution in [0.2, 0.25) is 0 Å². The summed E-state index contributed by atoms with van der Waals surface area (Å²) in [6.45, 7) is 3.48. The van der Waals surface area contributed by atoms with E-state index in [0.29, 0.717) is 6.04 Å². The second-order valence-electron chi connectivity index (χ2n) is 6.37. The zero-order valence-corrected chi connectivity index (χ0v) is 12.5. The van der Waals surface area contributed by atoms with Crippen LogP contribution < -0.4 is 5.32 Å². The highest BCUT2D eigenvalue weighted by molar-refractivity contribution is 5.06. The van der Waals surface area contributed by atoms with Crippen LogP contribution in [0.4, 0.5) is 0 Å². The second kappa shape index (κ2) is 7.28. The van der Waals surface area contributed by atoms with Crippen LogP contribution >= 0.6 is 0 Å². The molecule has 1 unspecified atom stereocenters. The number of hydrogen-bond donors (Lipinski definition) is 1. The van der Waals surface area contributed by atoms with Crippen molar-refractivity contribution in [1.82, 2.24) is 10.2 Å². The zero-order chi connectivity index (χ0) is 13.6. The predicted octanol–water partition coefficient (Wildman–Crippen LogP) is 3.73. The molecular formula is C17H28N2O. The first-order chi connectivity index (χ1) is 9.93. The lowest BCUT2D eigenvalue weighted by Gasteiger charge is -2.28. The minimum absolute atomic E-state index is 0.427. The van der Waals surface area contributed by atoms with Gasteiger partial charge in [-0.05, 0) is 50.9 Å². The lowest BCUT2D eigenvalue weighted by molar-refractivity contribution is 0.202. The van der Waals surface area contributed by atoms with Gasteiger partial charge in [-0.1, -0.05) is 25.7 Å². The van der Waals surface area contributed by atoms with Gasteiger partial charge in [0.1, 0.15) is 5.76 Å². The lowest BCUT2D eigenvalue weighted by atomic mass is 10.1. The number of hydrogen-bond acceptors (Lipinski definition) is 3. The van der Waals surface area contributed by atoms with Gasteiger partial charge in [0.25, 0.3) is 0 Å². The highest BCUT2D eigenvalue weighted by atomic mass is 16.3. The van der Waals surface area contributed by atoms with Crippen molar-refractivity contribution in [3.8, 4) is 0 Å². The van der Waals surface area contributed by atoms with E-state index in [0.717, 1.165) is 18.3 Å². The average Bonchev–Trinajstić information content (AvgIpc) is 3.11. The van der Waals surface area contributed by atoms with Crippen molar-refractivity contribution in [2.75, 3.05) is 19.6 Å². The van der Waals surface area contributed by atoms with E-state index in [1.54, 1.807) is 0 Å². The molecule has 3 rings (SSSR count). The summed E-state index contributed by atoms with van der Waals surface area (Å²) >= 11 is 0. The van der Waals surface area contributed by atoms with Gasteiger partial charge in [-0.3, -0.25) is 4.90 Å². The summed E-state index contributed by atoms with van der Waals surface area (Å²) in [7, 11) is 0. The normalized spacial score (nSPS) is 23.8. The highest BCUT2D eigenvalue weighted by Gasteiger charge is 2.26. The van der Waals surface area contributed by atoms with Crippen LogP contribution in [0.15, 0.2) is 22.8 Å². The molecule has 0 bridgehead atoms. The molecule has 1 saturated carbocycles. The van der Waals surface area contributed by atoms with Crippen molar-refractivity contribution in [1.29, 1.82) is 0 Å². The maximum absolute atomic E-state index is 5.69. The largest absolute Gasteiger partial charge is 0.468 e. The van der Waals surface area contributed by atoms with Gasteiger partial charge in [0.2, 0.25) is 0 Å². The molecule has 2 heterocycles. The van der Waals surface area contributed by atoms with Crippen molar-refractivity contribution < 1.29 is 4.42 Å². The number of furan rings is 1. The van der Waals surface area contributed by atoms with E-state index in [1.165, 1.54) is 64.5 Å². The molecule has 1 atom stereocenters. The van der Waals surface area contributed by atoms with Gasteiger partial charge < -0.3 is 9.73 Å². The fourth-order valence-electron chi connectivity index (χ4n) is 3.71. The first-order valence-electron chi connectivity index (χ1n) is 8.44. The molecular weight excluding hydrogens is 248 g/mol. The third-order valence-corrected chi connectivity index (χ3v) is 4.91. The van der Waals surface area contributed by atoms with Crippen LogP contribution in [-0.4, -0.2) is 30.6 Å². The van der Waals surface area contributed by atoms with Gasteiger partial charge in [0, 0.05) is 12.6 Å². The summed E-state index contributed by atoms with van der Waals surface area (Å²) in [4.78, 5) is 2.59. The molecule has 1 saturated heterocycles. The Labute approximate surface area is 122 Å². The van der Waals surface area contributed by atoms with Crippen LogP contribution in [0.25, 0.3) is 0 Å². The van der Waals surface area contributed by atoms with E-state index in [-0.39, 0.29) is 0 Å². The van der Waals surface area contributed by atoms with Gasteiger partial charge in [0.05, 0.1) is 12.3 Å². The smallest absolute Gasteiger partial charge is 0.122 e. The first-order valence-corrected chi connectivity index (χ1v) is 8.44. The van der Waals surface area contributed by atoms with Crippen LogP contribution in [0.1, 0.15) is 63.2 Å². The lowest BCUT2D eigenvalue weighted by Crippen LogP contribution is -2.38. The Kier molecular flexibility index (Phi) is 5.15. The van der Waals surface area contributed by atoms with Crippen molar-refractivity contribution >= 4 is 0 Å². The molecule has 2 aliphatic rings. The van der Waals surface area contributed by atoms with Crippen molar-refractivity contribution in [2.24, 2.45) is 0 Å². The molecule has 1 N–H and O–H groups in total. The van der Waals surface area contributed by atoms with Crippen molar-refractivity contribution in [2.45, 2.75) is 63.5 Å². The molecule has 1 aliphatic heterocycles. The van der Waals surface area contributed by atoms with Crippen LogP contribution in [0.3, 0.4) is 0 Å². The molecule has 3 heteroatoms. The fourth-order valence-corrected chi connectivity index (χ4v) is 3.71. The standard InChI is InChI=1S/C17H28N2O/c1-2-4-9-15(8-3-1)18-14-16(17-10-7-13-20-17)19-11-5-6-12-19/h7,10,13,15-16,18H,1-6,8-9,11-12,14H2. The Morgan fingerprint density at radius 3 is 2.50 bits per heavy atom. The van der Waals surface area contributed by atoms with Gasteiger partial charge in [-0.25, -0.2) is 0 Å². The zero-order valence-electron chi connectivity index (χ0n) is 12.5. The summed E-state index contributed by atoms with van der Waals surface area (Å²) in [5.74, 6) is 1.13. The van der Waals surface area contributed by atoms with Crippen LogP contribution in [0, 0.1) is 0 Å². The second-order valence-corrected chi connectivity index (χ2v) is 6.37. The Morgan fingerprint density at radius 2 is 1.85 bits per heavy atom. The van der Waals surface area contributed by atoms with Gasteiger partial charge in [-0.2, -0.15) is 0 Å². The number of likely N-dealkylation sites (tertiary alicyclic amines) is 1. The Hall–Kier alpha value is -0.800. The van der Waals surface area contributed by atoms with E-state index < -0.39 is 0 Å². The summed E-state index contributed by atoms with van der Waals surface area (Å²) < 4.78 is 5.69.